The molecule has 6 heteroatoms. The van der Waals surface area contributed by atoms with Crippen molar-refractivity contribution in [2.24, 2.45) is 0 Å². The molecule has 0 radical (unpaired) electrons. The largest absolute Gasteiger partial charge is 0.494 e. The Labute approximate surface area is 146 Å². The number of hydrogen-bond acceptors (Lipinski definition) is 4. The molecule has 0 atom stereocenters. The summed E-state index contributed by atoms with van der Waals surface area (Å²) < 4.78 is 6.74. The van der Waals surface area contributed by atoms with Crippen LogP contribution in [0.15, 0.2) is 41.5 Å². The second-order valence-electron chi connectivity index (χ2n) is 6.25. The lowest BCUT2D eigenvalue weighted by molar-refractivity contribution is -0.122. The van der Waals surface area contributed by atoms with Gasteiger partial charge in [-0.1, -0.05) is 12.8 Å². The van der Waals surface area contributed by atoms with Crippen LogP contribution in [0, 0.1) is 0 Å². The van der Waals surface area contributed by atoms with Gasteiger partial charge in [0.1, 0.15) is 12.3 Å². The van der Waals surface area contributed by atoms with Crippen molar-refractivity contribution in [3.63, 3.8) is 0 Å². The molecule has 1 fully saturated rings. The Bertz CT molecular complexity index is 777. The molecule has 0 aliphatic heterocycles. The smallest absolute Gasteiger partial charge is 0.254 e. The molecule has 0 bridgehead atoms. The molecule has 1 amide bonds. The Hall–Kier alpha value is -2.63. The first kappa shape index (κ1) is 17.2. The number of nitrogens with one attached hydrogen (secondary N) is 1. The fraction of sp³-hybridized carbons (Fsp3) is 0.421. The first-order chi connectivity index (χ1) is 12.2. The summed E-state index contributed by atoms with van der Waals surface area (Å²) >= 11 is 0. The molecule has 1 aliphatic carbocycles. The normalized spacial score (nSPS) is 14.4. The van der Waals surface area contributed by atoms with Gasteiger partial charge in [-0.2, -0.15) is 0 Å². The molecule has 1 aromatic carbocycles. The van der Waals surface area contributed by atoms with Gasteiger partial charge in [0.25, 0.3) is 5.56 Å². The third-order valence-corrected chi connectivity index (χ3v) is 4.37. The van der Waals surface area contributed by atoms with Crippen molar-refractivity contribution in [2.75, 3.05) is 6.61 Å². The molecule has 25 heavy (non-hydrogen) atoms. The van der Waals surface area contributed by atoms with E-state index >= 15 is 0 Å². The summed E-state index contributed by atoms with van der Waals surface area (Å²) in [6.45, 7) is 2.54. The van der Waals surface area contributed by atoms with Gasteiger partial charge in [-0.15, -0.1) is 0 Å². The van der Waals surface area contributed by atoms with E-state index in [1.54, 1.807) is 0 Å². The Morgan fingerprint density at radius 1 is 1.28 bits per heavy atom. The monoisotopic (exact) mass is 341 g/mol. The number of aromatic nitrogens is 2. The van der Waals surface area contributed by atoms with Crippen LogP contribution in [0.3, 0.4) is 0 Å². The summed E-state index contributed by atoms with van der Waals surface area (Å²) in [7, 11) is 0. The summed E-state index contributed by atoms with van der Waals surface area (Å²) in [5.74, 6) is 0.646. The highest BCUT2D eigenvalue weighted by Gasteiger charge is 2.17. The van der Waals surface area contributed by atoms with Gasteiger partial charge in [-0.05, 0) is 44.0 Å². The third kappa shape index (κ3) is 4.47. The molecule has 1 aromatic heterocycles. The third-order valence-electron chi connectivity index (χ3n) is 4.37. The van der Waals surface area contributed by atoms with Gasteiger partial charge in [0, 0.05) is 17.7 Å². The zero-order chi connectivity index (χ0) is 17.6. The molecule has 1 N–H and O–H groups in total. The molecule has 132 valence electrons. The number of hydrogen-bond donors (Lipinski definition) is 1. The highest BCUT2D eigenvalue weighted by atomic mass is 16.5. The Kier molecular flexibility index (Phi) is 5.48. The number of nitrogens with zero attached hydrogens (tertiary/aromatic N) is 2. The molecule has 1 aliphatic rings. The van der Waals surface area contributed by atoms with E-state index in [9.17, 15) is 9.59 Å². The van der Waals surface area contributed by atoms with Crippen molar-refractivity contribution in [3.05, 3.63) is 47.0 Å². The maximum Gasteiger partial charge on any atom is 0.254 e. The van der Waals surface area contributed by atoms with Crippen molar-refractivity contribution >= 4 is 5.91 Å². The van der Waals surface area contributed by atoms with Crippen molar-refractivity contribution in [3.8, 4) is 17.0 Å². The number of carbonyl (C=O) groups excluding carboxylic acids is 1. The van der Waals surface area contributed by atoms with Crippen molar-refractivity contribution < 1.29 is 9.53 Å². The van der Waals surface area contributed by atoms with E-state index in [-0.39, 0.29) is 24.1 Å². The minimum atomic E-state index is -0.236. The molecule has 6 nitrogen and oxygen atoms in total. The van der Waals surface area contributed by atoms with Crippen LogP contribution in [0.5, 0.6) is 5.75 Å². The predicted octanol–water partition coefficient (Wildman–Crippen LogP) is 2.37. The van der Waals surface area contributed by atoms with Gasteiger partial charge in [0.05, 0.1) is 18.6 Å². The summed E-state index contributed by atoms with van der Waals surface area (Å²) in [6.07, 6.45) is 5.79. The van der Waals surface area contributed by atoms with Crippen LogP contribution >= 0.6 is 0 Å². The second-order valence-corrected chi connectivity index (χ2v) is 6.25. The quantitative estimate of drug-likeness (QED) is 0.875. The predicted molar refractivity (Wildman–Crippen MR) is 95.5 cm³/mol. The molecule has 3 rings (SSSR count). The lowest BCUT2D eigenvalue weighted by atomic mass is 10.1. The SMILES string of the molecule is CCOc1ccc(-c2cc(=O)n(CC(=O)NC3CCCC3)cn2)cc1. The Morgan fingerprint density at radius 3 is 2.64 bits per heavy atom. The number of ether oxygens (including phenoxy) is 1. The van der Waals surface area contributed by atoms with Gasteiger partial charge in [0.15, 0.2) is 0 Å². The van der Waals surface area contributed by atoms with E-state index in [0.29, 0.717) is 12.3 Å². The first-order valence-electron chi connectivity index (χ1n) is 8.75. The van der Waals surface area contributed by atoms with Crippen molar-refractivity contribution in [1.82, 2.24) is 14.9 Å². The van der Waals surface area contributed by atoms with Gasteiger partial charge in [-0.25, -0.2) is 4.98 Å². The zero-order valence-corrected chi connectivity index (χ0v) is 14.4. The fourth-order valence-corrected chi connectivity index (χ4v) is 3.09. The first-order valence-corrected chi connectivity index (χ1v) is 8.75. The molecular formula is C19H23N3O3. The van der Waals surface area contributed by atoms with Crippen LogP contribution in [0.2, 0.25) is 0 Å². The number of rotatable bonds is 6. The fourth-order valence-electron chi connectivity index (χ4n) is 3.09. The lowest BCUT2D eigenvalue weighted by Crippen LogP contribution is -2.37. The summed E-state index contributed by atoms with van der Waals surface area (Å²) in [5, 5.41) is 2.98. The standard InChI is InChI=1S/C19H23N3O3/c1-2-25-16-9-7-14(8-10-16)17-11-19(24)22(13-20-17)12-18(23)21-15-5-3-4-6-15/h7-11,13,15H,2-6,12H2,1H3,(H,21,23). The minimum absolute atomic E-state index is 0.00584. The van der Waals surface area contributed by atoms with E-state index < -0.39 is 0 Å². The van der Waals surface area contributed by atoms with E-state index in [2.05, 4.69) is 10.3 Å². The number of carbonyl (C=O) groups is 1. The topological polar surface area (TPSA) is 73.2 Å². The van der Waals surface area contributed by atoms with Crippen LogP contribution in [-0.2, 0) is 11.3 Å². The van der Waals surface area contributed by atoms with E-state index in [4.69, 9.17) is 4.74 Å². The lowest BCUT2D eigenvalue weighted by Gasteiger charge is -2.12. The van der Waals surface area contributed by atoms with Gasteiger partial charge < -0.3 is 10.1 Å². The van der Waals surface area contributed by atoms with Crippen LogP contribution in [0.1, 0.15) is 32.6 Å². The minimum Gasteiger partial charge on any atom is -0.494 e. The zero-order valence-electron chi connectivity index (χ0n) is 14.4. The van der Waals surface area contributed by atoms with Gasteiger partial charge >= 0.3 is 0 Å². The highest BCUT2D eigenvalue weighted by molar-refractivity contribution is 5.76. The van der Waals surface area contributed by atoms with Crippen LogP contribution in [0.25, 0.3) is 11.3 Å². The number of benzene rings is 1. The molecule has 2 aromatic rings. The summed E-state index contributed by atoms with van der Waals surface area (Å²) in [5.41, 5.74) is 1.18. The molecule has 1 heterocycles. The number of amides is 1. The summed E-state index contributed by atoms with van der Waals surface area (Å²) in [6, 6.07) is 9.13. The molecular weight excluding hydrogens is 318 g/mol. The molecule has 0 unspecified atom stereocenters. The molecule has 1 saturated carbocycles. The van der Waals surface area contributed by atoms with Crippen LogP contribution in [-0.4, -0.2) is 28.1 Å². The summed E-state index contributed by atoms with van der Waals surface area (Å²) in [4.78, 5) is 28.6. The molecule has 0 spiro atoms. The Morgan fingerprint density at radius 2 is 2.00 bits per heavy atom. The maximum atomic E-state index is 12.3. The van der Waals surface area contributed by atoms with E-state index in [0.717, 1.165) is 37.0 Å². The Balaban J connectivity index is 1.67. The average molecular weight is 341 g/mol. The molecule has 0 saturated heterocycles. The van der Waals surface area contributed by atoms with Gasteiger partial charge in [0.2, 0.25) is 5.91 Å². The van der Waals surface area contributed by atoms with E-state index in [1.807, 2.05) is 31.2 Å². The second kappa shape index (κ2) is 7.96. The average Bonchev–Trinajstić information content (AvgIpc) is 3.10. The van der Waals surface area contributed by atoms with Crippen molar-refractivity contribution in [1.29, 1.82) is 0 Å². The maximum absolute atomic E-state index is 12.3. The highest BCUT2D eigenvalue weighted by Crippen LogP contribution is 2.19. The van der Waals surface area contributed by atoms with Gasteiger partial charge in [-0.3, -0.25) is 14.2 Å². The van der Waals surface area contributed by atoms with Crippen molar-refractivity contribution in [2.45, 2.75) is 45.2 Å². The van der Waals surface area contributed by atoms with Crippen LogP contribution in [0.4, 0.5) is 0 Å². The van der Waals surface area contributed by atoms with Crippen LogP contribution < -0.4 is 15.6 Å². The van der Waals surface area contributed by atoms with E-state index in [1.165, 1.54) is 17.0 Å².